The minimum atomic E-state index is 1.10. The van der Waals surface area contributed by atoms with Crippen molar-refractivity contribution in [3.8, 4) is 0 Å². The van der Waals surface area contributed by atoms with Gasteiger partial charge in [-0.2, -0.15) is 0 Å². The van der Waals surface area contributed by atoms with Gasteiger partial charge in [-0.15, -0.1) is 0 Å². The van der Waals surface area contributed by atoms with Gasteiger partial charge in [0.2, 0.25) is 0 Å². The van der Waals surface area contributed by atoms with Gasteiger partial charge in [0.05, 0.1) is 0 Å². The average Bonchev–Trinajstić information content (AvgIpc) is 2.80. The molecule has 0 bridgehead atoms. The summed E-state index contributed by atoms with van der Waals surface area (Å²) in [6, 6.07) is 37.1. The standard InChI is InChI=1S/C14H10Br2.C14H12/c15-13-7-3-11(4-8-13)1-2-12-5-9-14(16)10-6-12;1-3-7-13(8-4-1)11-12-14-9-5-2-6-10-14/h1-10H;1-12H/b2-1+;. The van der Waals surface area contributed by atoms with Crippen LogP contribution in [0.4, 0.5) is 0 Å². The Labute approximate surface area is 195 Å². The molecule has 0 amide bonds. The molecule has 0 heterocycles. The summed E-state index contributed by atoms with van der Waals surface area (Å²) in [7, 11) is 0. The molecule has 0 unspecified atom stereocenters. The van der Waals surface area contributed by atoms with E-state index < -0.39 is 0 Å². The summed E-state index contributed by atoms with van der Waals surface area (Å²) in [6.45, 7) is 0. The quantitative estimate of drug-likeness (QED) is 0.236. The summed E-state index contributed by atoms with van der Waals surface area (Å²) in [5, 5.41) is 0. The van der Waals surface area contributed by atoms with Crippen molar-refractivity contribution in [1.29, 1.82) is 0 Å². The van der Waals surface area contributed by atoms with E-state index in [1.165, 1.54) is 22.3 Å². The number of hydrogen-bond donors (Lipinski definition) is 0. The highest BCUT2D eigenvalue weighted by Crippen LogP contribution is 2.15. The molecular weight excluding hydrogens is 496 g/mol. The highest BCUT2D eigenvalue weighted by Gasteiger charge is 1.90. The SMILES string of the molecule is Brc1ccc(/C=C/c2ccc(Br)cc2)cc1.C(=Cc1ccccc1)c1ccccc1. The molecule has 4 aromatic rings. The van der Waals surface area contributed by atoms with E-state index in [1.54, 1.807) is 0 Å². The van der Waals surface area contributed by atoms with Crippen molar-refractivity contribution in [1.82, 2.24) is 0 Å². The molecule has 0 nitrogen and oxygen atoms in total. The normalized spacial score (nSPS) is 10.7. The van der Waals surface area contributed by atoms with Crippen LogP contribution in [0.15, 0.2) is 118 Å². The van der Waals surface area contributed by atoms with Crippen molar-refractivity contribution in [3.63, 3.8) is 0 Å². The van der Waals surface area contributed by atoms with Gasteiger partial charge in [-0.25, -0.2) is 0 Å². The monoisotopic (exact) mass is 516 g/mol. The Hall–Kier alpha value is -2.68. The Morgan fingerprint density at radius 2 is 0.600 bits per heavy atom. The van der Waals surface area contributed by atoms with Crippen LogP contribution in [0.3, 0.4) is 0 Å². The second-order valence-electron chi connectivity index (χ2n) is 6.59. The maximum atomic E-state index is 3.42. The van der Waals surface area contributed by atoms with E-state index in [4.69, 9.17) is 0 Å². The van der Waals surface area contributed by atoms with Gasteiger partial charge in [0.1, 0.15) is 0 Å². The third kappa shape index (κ3) is 7.98. The van der Waals surface area contributed by atoms with Crippen molar-refractivity contribution in [2.75, 3.05) is 0 Å². The van der Waals surface area contributed by atoms with Crippen LogP contribution in [0.5, 0.6) is 0 Å². The summed E-state index contributed by atoms with van der Waals surface area (Å²) in [5.74, 6) is 0. The predicted octanol–water partition coefficient (Wildman–Crippen LogP) is 9.24. The van der Waals surface area contributed by atoms with Crippen LogP contribution in [0, 0.1) is 0 Å². The number of rotatable bonds is 4. The molecule has 0 saturated heterocycles. The lowest BCUT2D eigenvalue weighted by Crippen LogP contribution is -1.73. The fourth-order valence-electron chi connectivity index (χ4n) is 2.66. The van der Waals surface area contributed by atoms with Crippen molar-refractivity contribution in [2.24, 2.45) is 0 Å². The van der Waals surface area contributed by atoms with E-state index in [1.807, 2.05) is 60.7 Å². The van der Waals surface area contributed by atoms with Crippen molar-refractivity contribution in [3.05, 3.63) is 140 Å². The molecule has 148 valence electrons. The molecule has 4 rings (SSSR count). The maximum Gasteiger partial charge on any atom is 0.0175 e. The Kier molecular flexibility index (Phi) is 8.89. The fraction of sp³-hybridized carbons (Fsp3) is 0. The minimum absolute atomic E-state index is 1.10. The first kappa shape index (κ1) is 22.0. The first-order valence-electron chi connectivity index (χ1n) is 9.66. The summed E-state index contributed by atoms with van der Waals surface area (Å²) in [5.41, 5.74) is 4.87. The lowest BCUT2D eigenvalue weighted by atomic mass is 10.1. The third-order valence-electron chi connectivity index (χ3n) is 4.28. The first-order valence-corrected chi connectivity index (χ1v) is 11.2. The molecule has 0 spiro atoms. The van der Waals surface area contributed by atoms with Gasteiger partial charge in [-0.05, 0) is 46.5 Å². The van der Waals surface area contributed by atoms with E-state index in [9.17, 15) is 0 Å². The largest absolute Gasteiger partial charge is 0.0622 e. The minimum Gasteiger partial charge on any atom is -0.0622 e. The molecule has 0 aliphatic carbocycles. The van der Waals surface area contributed by atoms with E-state index in [0.29, 0.717) is 0 Å². The molecule has 0 aliphatic heterocycles. The predicted molar refractivity (Wildman–Crippen MR) is 139 cm³/mol. The fourth-order valence-corrected chi connectivity index (χ4v) is 3.19. The van der Waals surface area contributed by atoms with E-state index in [-0.39, 0.29) is 0 Å². The van der Waals surface area contributed by atoms with Crippen molar-refractivity contribution >= 4 is 56.2 Å². The molecule has 0 radical (unpaired) electrons. The smallest absolute Gasteiger partial charge is 0.0175 e. The molecule has 2 heteroatoms. The highest BCUT2D eigenvalue weighted by atomic mass is 79.9. The molecule has 30 heavy (non-hydrogen) atoms. The molecule has 0 N–H and O–H groups in total. The highest BCUT2D eigenvalue weighted by molar-refractivity contribution is 9.10. The van der Waals surface area contributed by atoms with Crippen LogP contribution >= 0.6 is 31.9 Å². The summed E-state index contributed by atoms with van der Waals surface area (Å²) >= 11 is 6.84. The van der Waals surface area contributed by atoms with Crippen LogP contribution < -0.4 is 0 Å². The van der Waals surface area contributed by atoms with E-state index in [2.05, 4.69) is 105 Å². The summed E-state index contributed by atoms with van der Waals surface area (Å²) in [4.78, 5) is 0. The summed E-state index contributed by atoms with van der Waals surface area (Å²) in [6.07, 6.45) is 8.45. The van der Waals surface area contributed by atoms with Crippen molar-refractivity contribution in [2.45, 2.75) is 0 Å². The van der Waals surface area contributed by atoms with Gasteiger partial charge in [-0.3, -0.25) is 0 Å². The molecule has 0 aromatic heterocycles. The number of benzene rings is 4. The maximum absolute atomic E-state index is 3.42. The van der Waals surface area contributed by atoms with Crippen LogP contribution in [-0.4, -0.2) is 0 Å². The van der Waals surface area contributed by atoms with Crippen molar-refractivity contribution < 1.29 is 0 Å². The van der Waals surface area contributed by atoms with Crippen LogP contribution in [0.25, 0.3) is 24.3 Å². The lowest BCUT2D eigenvalue weighted by Gasteiger charge is -1.95. The lowest BCUT2D eigenvalue weighted by molar-refractivity contribution is 1.60. The zero-order chi connectivity index (χ0) is 21.0. The van der Waals surface area contributed by atoms with Crippen LogP contribution in [0.1, 0.15) is 22.3 Å². The van der Waals surface area contributed by atoms with E-state index in [0.717, 1.165) is 8.95 Å². The zero-order valence-corrected chi connectivity index (χ0v) is 19.6. The van der Waals surface area contributed by atoms with E-state index >= 15 is 0 Å². The van der Waals surface area contributed by atoms with Gasteiger partial charge in [-0.1, -0.05) is 141 Å². The van der Waals surface area contributed by atoms with Gasteiger partial charge in [0.25, 0.3) is 0 Å². The molecule has 0 fully saturated rings. The number of halogens is 2. The van der Waals surface area contributed by atoms with Crippen LogP contribution in [-0.2, 0) is 0 Å². The first-order chi connectivity index (χ1) is 14.7. The number of hydrogen-bond acceptors (Lipinski definition) is 0. The Bertz CT molecular complexity index is 974. The van der Waals surface area contributed by atoms with Gasteiger partial charge in [0, 0.05) is 8.95 Å². The molecule has 0 saturated carbocycles. The molecular formula is C28H22Br2. The Balaban J connectivity index is 0.000000172. The van der Waals surface area contributed by atoms with Crippen LogP contribution in [0.2, 0.25) is 0 Å². The molecule has 0 aliphatic rings. The van der Waals surface area contributed by atoms with Gasteiger partial charge < -0.3 is 0 Å². The average molecular weight is 518 g/mol. The molecule has 4 aromatic carbocycles. The molecule has 0 atom stereocenters. The van der Waals surface area contributed by atoms with Gasteiger partial charge in [0.15, 0.2) is 0 Å². The Morgan fingerprint density at radius 1 is 0.333 bits per heavy atom. The second-order valence-corrected chi connectivity index (χ2v) is 8.42. The third-order valence-corrected chi connectivity index (χ3v) is 5.33. The second kappa shape index (κ2) is 12.1. The zero-order valence-electron chi connectivity index (χ0n) is 16.5. The topological polar surface area (TPSA) is 0 Å². The van der Waals surface area contributed by atoms with Gasteiger partial charge >= 0.3 is 0 Å². The Morgan fingerprint density at radius 3 is 0.900 bits per heavy atom. The summed E-state index contributed by atoms with van der Waals surface area (Å²) < 4.78 is 2.21.